The normalized spacial score (nSPS) is 11.5. The number of halogens is 1. The maximum atomic E-state index is 12.6. The number of aryl methyl sites for hydroxylation is 2. The van der Waals surface area contributed by atoms with Gasteiger partial charge in [-0.05, 0) is 76.6 Å². The largest absolute Gasteiger partial charge is 0.311 e. The number of nitrogens with one attached hydrogen (secondary N) is 1. The van der Waals surface area contributed by atoms with Gasteiger partial charge in [-0.3, -0.25) is 4.72 Å². The zero-order chi connectivity index (χ0) is 18.0. The Hall–Kier alpha value is -1.84. The van der Waals surface area contributed by atoms with Crippen LogP contribution in [0.5, 0.6) is 0 Å². The van der Waals surface area contributed by atoms with E-state index in [0.29, 0.717) is 10.2 Å². The Bertz CT molecular complexity index is 1000. The van der Waals surface area contributed by atoms with E-state index in [1.54, 1.807) is 36.7 Å². The summed E-state index contributed by atoms with van der Waals surface area (Å²) >= 11 is 4.76. The number of anilines is 1. The number of sulfonamides is 1. The molecule has 0 bridgehead atoms. The lowest BCUT2D eigenvalue weighted by Gasteiger charge is -2.10. The lowest BCUT2D eigenvalue weighted by molar-refractivity contribution is 0.600. The summed E-state index contributed by atoms with van der Waals surface area (Å²) in [6, 6.07) is 12.2. The maximum Gasteiger partial charge on any atom is 0.263 e. The second-order valence-electron chi connectivity index (χ2n) is 5.39. The zero-order valence-electron chi connectivity index (χ0n) is 13.5. The molecule has 25 heavy (non-hydrogen) atoms. The van der Waals surface area contributed by atoms with Crippen LogP contribution in [0.3, 0.4) is 0 Å². The van der Waals surface area contributed by atoms with E-state index in [1.165, 1.54) is 11.8 Å². The Labute approximate surface area is 158 Å². The molecule has 9 heteroatoms. The predicted octanol–water partition coefficient (Wildman–Crippen LogP) is 3.84. The van der Waals surface area contributed by atoms with Crippen molar-refractivity contribution in [2.75, 3.05) is 4.72 Å². The van der Waals surface area contributed by atoms with Crippen molar-refractivity contribution in [2.45, 2.75) is 21.9 Å². The lowest BCUT2D eigenvalue weighted by Crippen LogP contribution is -2.13. The molecule has 1 aromatic heterocycles. The number of aromatic nitrogens is 3. The van der Waals surface area contributed by atoms with Crippen molar-refractivity contribution in [3.8, 4) is 0 Å². The van der Waals surface area contributed by atoms with Crippen molar-refractivity contribution in [3.63, 3.8) is 0 Å². The van der Waals surface area contributed by atoms with Gasteiger partial charge in [0.1, 0.15) is 11.2 Å². The summed E-state index contributed by atoms with van der Waals surface area (Å²) in [6.45, 7) is 1.90. The average molecular weight is 439 g/mol. The Morgan fingerprint density at radius 1 is 1.16 bits per heavy atom. The molecular formula is C16H15BrN4O2S2. The van der Waals surface area contributed by atoms with Gasteiger partial charge in [0.25, 0.3) is 10.0 Å². The Balaban J connectivity index is 1.77. The number of rotatable bonds is 5. The van der Waals surface area contributed by atoms with Gasteiger partial charge in [-0.1, -0.05) is 6.07 Å². The minimum atomic E-state index is -3.66. The lowest BCUT2D eigenvalue weighted by atomic mass is 10.2. The fraction of sp³-hybridized carbons (Fsp3) is 0.125. The third kappa shape index (κ3) is 4.23. The first kappa shape index (κ1) is 18.0. The van der Waals surface area contributed by atoms with E-state index >= 15 is 0 Å². The van der Waals surface area contributed by atoms with Crippen LogP contribution in [0.1, 0.15) is 5.56 Å². The molecule has 0 aliphatic rings. The highest BCUT2D eigenvalue weighted by Gasteiger charge is 2.17. The van der Waals surface area contributed by atoms with Crippen LogP contribution in [0.2, 0.25) is 0 Å². The number of benzene rings is 2. The quantitative estimate of drug-likeness (QED) is 0.654. The highest BCUT2D eigenvalue weighted by molar-refractivity contribution is 9.10. The minimum absolute atomic E-state index is 0.204. The molecule has 3 aromatic rings. The third-order valence-corrected chi connectivity index (χ3v) is 6.78. The molecule has 0 saturated carbocycles. The number of hydrogen-bond acceptors (Lipinski definition) is 5. The van der Waals surface area contributed by atoms with Gasteiger partial charge in [0.15, 0.2) is 5.16 Å². The molecule has 0 atom stereocenters. The number of hydrogen-bond donors (Lipinski definition) is 1. The molecule has 0 saturated heterocycles. The third-order valence-electron chi connectivity index (χ3n) is 3.36. The highest BCUT2D eigenvalue weighted by atomic mass is 79.9. The molecule has 1 heterocycles. The zero-order valence-corrected chi connectivity index (χ0v) is 16.7. The van der Waals surface area contributed by atoms with E-state index in [0.717, 1.165) is 15.6 Å². The Morgan fingerprint density at radius 2 is 1.88 bits per heavy atom. The van der Waals surface area contributed by atoms with E-state index in [1.807, 2.05) is 30.7 Å². The SMILES string of the molecule is Cc1ccc(S(=O)(=O)Nc2ccc(Sc3nncn3C)cc2)c(Br)c1. The molecular weight excluding hydrogens is 424 g/mol. The Kier molecular flexibility index (Phi) is 5.16. The summed E-state index contributed by atoms with van der Waals surface area (Å²) in [6.07, 6.45) is 1.63. The van der Waals surface area contributed by atoms with Crippen LogP contribution in [0.4, 0.5) is 5.69 Å². The summed E-state index contributed by atoms with van der Waals surface area (Å²) in [5.74, 6) is 0. The van der Waals surface area contributed by atoms with Crippen molar-refractivity contribution in [1.29, 1.82) is 0 Å². The summed E-state index contributed by atoms with van der Waals surface area (Å²) in [7, 11) is -1.80. The smallest absolute Gasteiger partial charge is 0.263 e. The first-order chi connectivity index (χ1) is 11.8. The molecule has 0 amide bonds. The van der Waals surface area contributed by atoms with Gasteiger partial charge in [-0.2, -0.15) is 0 Å². The maximum absolute atomic E-state index is 12.6. The fourth-order valence-electron chi connectivity index (χ4n) is 2.10. The minimum Gasteiger partial charge on any atom is -0.311 e. The monoisotopic (exact) mass is 438 g/mol. The van der Waals surface area contributed by atoms with Gasteiger partial charge in [0.2, 0.25) is 0 Å². The summed E-state index contributed by atoms with van der Waals surface area (Å²) in [4.78, 5) is 1.14. The molecule has 0 aliphatic heterocycles. The van der Waals surface area contributed by atoms with E-state index in [9.17, 15) is 8.42 Å². The van der Waals surface area contributed by atoms with Crippen molar-refractivity contribution in [3.05, 3.63) is 58.8 Å². The van der Waals surface area contributed by atoms with Crippen LogP contribution in [-0.2, 0) is 17.1 Å². The first-order valence-corrected chi connectivity index (χ1v) is 10.4. The standard InChI is InChI=1S/C16H15BrN4O2S2/c1-11-3-8-15(14(17)9-11)25(22,23)20-12-4-6-13(7-5-12)24-16-19-18-10-21(16)2/h3-10,20H,1-2H3. The molecule has 0 fully saturated rings. The molecule has 0 spiro atoms. The second-order valence-corrected chi connectivity index (χ2v) is 8.94. The van der Waals surface area contributed by atoms with Crippen molar-refractivity contribution in [2.24, 2.45) is 7.05 Å². The van der Waals surface area contributed by atoms with E-state index < -0.39 is 10.0 Å². The summed E-state index contributed by atoms with van der Waals surface area (Å²) in [5.41, 5.74) is 1.48. The Morgan fingerprint density at radius 3 is 2.48 bits per heavy atom. The van der Waals surface area contributed by atoms with E-state index in [4.69, 9.17) is 0 Å². The topological polar surface area (TPSA) is 76.9 Å². The van der Waals surface area contributed by atoms with Crippen molar-refractivity contribution < 1.29 is 8.42 Å². The molecule has 6 nitrogen and oxygen atoms in total. The van der Waals surface area contributed by atoms with Gasteiger partial charge in [0.05, 0.1) is 0 Å². The van der Waals surface area contributed by atoms with Crippen LogP contribution in [0, 0.1) is 6.92 Å². The predicted molar refractivity (Wildman–Crippen MR) is 101 cm³/mol. The van der Waals surface area contributed by atoms with Crippen LogP contribution < -0.4 is 4.72 Å². The van der Waals surface area contributed by atoms with Crippen molar-refractivity contribution >= 4 is 43.4 Å². The van der Waals surface area contributed by atoms with Gasteiger partial charge in [-0.15, -0.1) is 10.2 Å². The fourth-order valence-corrected chi connectivity index (χ4v) is 5.11. The molecule has 0 aliphatic carbocycles. The van der Waals surface area contributed by atoms with Gasteiger partial charge >= 0.3 is 0 Å². The van der Waals surface area contributed by atoms with E-state index in [2.05, 4.69) is 30.8 Å². The molecule has 0 radical (unpaired) electrons. The first-order valence-electron chi connectivity index (χ1n) is 7.26. The van der Waals surface area contributed by atoms with Crippen LogP contribution in [-0.4, -0.2) is 23.2 Å². The van der Waals surface area contributed by atoms with Crippen LogP contribution in [0.15, 0.2) is 68.2 Å². The van der Waals surface area contributed by atoms with Gasteiger partial charge in [-0.25, -0.2) is 8.42 Å². The molecule has 0 unspecified atom stereocenters. The average Bonchev–Trinajstić information content (AvgIpc) is 2.93. The summed E-state index contributed by atoms with van der Waals surface area (Å²) in [5, 5.41) is 8.60. The second kappa shape index (κ2) is 7.19. The molecule has 130 valence electrons. The molecule has 1 N–H and O–H groups in total. The highest BCUT2D eigenvalue weighted by Crippen LogP contribution is 2.28. The van der Waals surface area contributed by atoms with Crippen LogP contribution in [0.25, 0.3) is 0 Å². The molecule has 2 aromatic carbocycles. The van der Waals surface area contributed by atoms with Crippen molar-refractivity contribution in [1.82, 2.24) is 14.8 Å². The van der Waals surface area contributed by atoms with Gasteiger partial charge in [0, 0.05) is 22.1 Å². The molecule has 3 rings (SSSR count). The van der Waals surface area contributed by atoms with Crippen LogP contribution >= 0.6 is 27.7 Å². The summed E-state index contributed by atoms with van der Waals surface area (Å²) < 4.78 is 30.0. The number of nitrogens with zero attached hydrogens (tertiary/aromatic N) is 3. The van der Waals surface area contributed by atoms with Gasteiger partial charge < -0.3 is 4.57 Å². The van der Waals surface area contributed by atoms with E-state index in [-0.39, 0.29) is 4.90 Å².